The molecule has 4 rings (SSSR count). The van der Waals surface area contributed by atoms with Gasteiger partial charge in [-0.15, -0.1) is 0 Å². The van der Waals surface area contributed by atoms with Crippen LogP contribution in [0.1, 0.15) is 34.8 Å². The van der Waals surface area contributed by atoms with Crippen molar-refractivity contribution < 1.29 is 18.8 Å². The number of nitrogens with one attached hydrogen (secondary N) is 1. The van der Waals surface area contributed by atoms with Gasteiger partial charge in [0.25, 0.3) is 0 Å². The third-order valence-corrected chi connectivity index (χ3v) is 6.73. The number of hydrogen-bond donors (Lipinski definition) is 1. The van der Waals surface area contributed by atoms with E-state index in [1.54, 1.807) is 41.3 Å². The second kappa shape index (κ2) is 10.7. The number of Topliss-reactive ketones (excluding diaryl/α,β-unsaturated/α-hetero) is 1. The summed E-state index contributed by atoms with van der Waals surface area (Å²) in [5.41, 5.74) is 3.56. The lowest BCUT2D eigenvalue weighted by Gasteiger charge is -2.17. The van der Waals surface area contributed by atoms with Gasteiger partial charge in [0.05, 0.1) is 12.2 Å². The molecule has 0 saturated carbocycles. The molecule has 6 nitrogen and oxygen atoms in total. The van der Waals surface area contributed by atoms with E-state index in [-0.39, 0.29) is 36.4 Å². The fourth-order valence-corrected chi connectivity index (χ4v) is 4.75. The van der Waals surface area contributed by atoms with E-state index < -0.39 is 5.25 Å². The zero-order valence-corrected chi connectivity index (χ0v) is 20.1. The number of thioether (sulfide) groups is 1. The Morgan fingerprint density at radius 2 is 1.71 bits per heavy atom. The number of carbonyl (C=O) groups excluding carboxylic acids is 3. The van der Waals surface area contributed by atoms with Crippen LogP contribution in [-0.2, 0) is 16.1 Å². The molecule has 0 bridgehead atoms. The van der Waals surface area contributed by atoms with Crippen LogP contribution in [0.4, 0.5) is 15.8 Å². The number of aryl methyl sites for hydroxylation is 1. The largest absolute Gasteiger partial charge is 0.326 e. The minimum atomic E-state index is -0.644. The molecule has 0 spiro atoms. The van der Waals surface area contributed by atoms with E-state index >= 15 is 0 Å². The predicted molar refractivity (Wildman–Crippen MR) is 136 cm³/mol. The summed E-state index contributed by atoms with van der Waals surface area (Å²) in [5.74, 6) is -0.952. The van der Waals surface area contributed by atoms with Gasteiger partial charge < -0.3 is 5.32 Å². The lowest BCUT2D eigenvalue weighted by Crippen LogP contribution is -2.33. The highest BCUT2D eigenvalue weighted by Gasteiger charge is 2.39. The van der Waals surface area contributed by atoms with Gasteiger partial charge in [-0.2, -0.15) is 0 Å². The van der Waals surface area contributed by atoms with Crippen LogP contribution < -0.4 is 5.32 Å². The number of anilines is 1. The van der Waals surface area contributed by atoms with Crippen molar-refractivity contribution in [3.63, 3.8) is 0 Å². The van der Waals surface area contributed by atoms with E-state index in [1.807, 2.05) is 31.2 Å². The summed E-state index contributed by atoms with van der Waals surface area (Å²) in [6, 6.07) is 20.2. The molecule has 3 aromatic rings. The Labute approximate surface area is 207 Å². The molecule has 0 radical (unpaired) electrons. The normalized spacial score (nSPS) is 16.5. The zero-order chi connectivity index (χ0) is 24.9. The summed E-state index contributed by atoms with van der Waals surface area (Å²) in [6.07, 6.45) is -0.0370. The number of nitrogens with zero attached hydrogens (tertiary/aromatic N) is 2. The molecule has 0 aromatic heterocycles. The number of rotatable bonds is 7. The summed E-state index contributed by atoms with van der Waals surface area (Å²) in [6.45, 7) is 3.64. The number of halogens is 1. The smallest absolute Gasteiger partial charge is 0.242 e. The van der Waals surface area contributed by atoms with Crippen molar-refractivity contribution >= 4 is 45.9 Å². The second-order valence-electron chi connectivity index (χ2n) is 8.22. The van der Waals surface area contributed by atoms with Gasteiger partial charge in [0.1, 0.15) is 11.1 Å². The van der Waals surface area contributed by atoms with Gasteiger partial charge in [-0.1, -0.05) is 42.1 Å². The summed E-state index contributed by atoms with van der Waals surface area (Å²) in [4.78, 5) is 43.7. The summed E-state index contributed by atoms with van der Waals surface area (Å²) >= 11 is 1.24. The Bertz CT molecular complexity index is 1290. The summed E-state index contributed by atoms with van der Waals surface area (Å²) in [7, 11) is 0. The molecule has 8 heteroatoms. The van der Waals surface area contributed by atoms with E-state index in [0.29, 0.717) is 16.4 Å². The predicted octanol–water partition coefficient (Wildman–Crippen LogP) is 5.50. The van der Waals surface area contributed by atoms with E-state index in [0.717, 1.165) is 16.8 Å². The first kappa shape index (κ1) is 24.3. The molecular weight excluding hydrogens is 465 g/mol. The molecule has 1 fully saturated rings. The third kappa shape index (κ3) is 6.02. The van der Waals surface area contributed by atoms with E-state index in [4.69, 9.17) is 4.99 Å². The van der Waals surface area contributed by atoms with Crippen LogP contribution in [-0.4, -0.2) is 32.9 Å². The number of amidine groups is 1. The highest BCUT2D eigenvalue weighted by molar-refractivity contribution is 8.15. The molecule has 1 aliphatic heterocycles. The highest BCUT2D eigenvalue weighted by atomic mass is 32.2. The number of para-hydroxylation sites is 1. The van der Waals surface area contributed by atoms with Crippen molar-refractivity contribution in [1.29, 1.82) is 0 Å². The Kier molecular flexibility index (Phi) is 7.41. The van der Waals surface area contributed by atoms with Gasteiger partial charge in [-0.3, -0.25) is 19.3 Å². The standard InChI is InChI=1S/C27H24FN3O3S/c1-17-5-3-4-6-23(17)30-27-31(16-19-7-11-21(28)12-8-19)26(34)24(35-27)15-25(33)29-22-13-9-20(10-14-22)18(2)32/h3-14,24H,15-16H2,1-2H3,(H,29,33). The average molecular weight is 490 g/mol. The van der Waals surface area contributed by atoms with E-state index in [9.17, 15) is 18.8 Å². The molecule has 178 valence electrons. The second-order valence-corrected chi connectivity index (χ2v) is 9.39. The Hall–Kier alpha value is -3.78. The van der Waals surface area contributed by atoms with Gasteiger partial charge >= 0.3 is 0 Å². The first-order chi connectivity index (χ1) is 16.8. The molecule has 3 aromatic carbocycles. The molecule has 1 atom stereocenters. The van der Waals surface area contributed by atoms with Crippen molar-refractivity contribution in [1.82, 2.24) is 4.90 Å². The molecular formula is C27H24FN3O3S. The van der Waals surface area contributed by atoms with Crippen molar-refractivity contribution in [3.8, 4) is 0 Å². The van der Waals surface area contributed by atoms with Crippen molar-refractivity contribution in [2.24, 2.45) is 4.99 Å². The maximum absolute atomic E-state index is 13.4. The third-order valence-electron chi connectivity index (χ3n) is 5.55. The van der Waals surface area contributed by atoms with Crippen LogP contribution in [0.3, 0.4) is 0 Å². The van der Waals surface area contributed by atoms with Crippen LogP contribution in [0.5, 0.6) is 0 Å². The van der Waals surface area contributed by atoms with E-state index in [2.05, 4.69) is 5.32 Å². The molecule has 1 N–H and O–H groups in total. The quantitative estimate of drug-likeness (QED) is 0.445. The minimum Gasteiger partial charge on any atom is -0.326 e. The number of amides is 2. The number of aliphatic imine (C=N–C) groups is 1. The molecule has 2 amide bonds. The lowest BCUT2D eigenvalue weighted by molar-refractivity contribution is -0.128. The fourth-order valence-electron chi connectivity index (χ4n) is 3.60. The monoisotopic (exact) mass is 489 g/mol. The molecule has 35 heavy (non-hydrogen) atoms. The molecule has 1 heterocycles. The lowest BCUT2D eigenvalue weighted by atomic mass is 10.1. The van der Waals surface area contributed by atoms with Crippen LogP contribution in [0, 0.1) is 12.7 Å². The maximum atomic E-state index is 13.4. The first-order valence-electron chi connectivity index (χ1n) is 11.1. The minimum absolute atomic E-state index is 0.0370. The topological polar surface area (TPSA) is 78.8 Å². The van der Waals surface area contributed by atoms with E-state index in [1.165, 1.54) is 30.8 Å². The van der Waals surface area contributed by atoms with Gasteiger partial charge in [0, 0.05) is 17.7 Å². The van der Waals surface area contributed by atoms with Crippen molar-refractivity contribution in [2.75, 3.05) is 5.32 Å². The van der Waals surface area contributed by atoms with Gasteiger partial charge in [-0.05, 0) is 67.4 Å². The maximum Gasteiger partial charge on any atom is 0.242 e. The number of carbonyl (C=O) groups is 3. The number of ketones is 1. The van der Waals surface area contributed by atoms with Crippen molar-refractivity contribution in [2.45, 2.75) is 32.1 Å². The van der Waals surface area contributed by atoms with Crippen LogP contribution >= 0.6 is 11.8 Å². The Morgan fingerprint density at radius 1 is 1.03 bits per heavy atom. The van der Waals surface area contributed by atoms with Crippen LogP contribution in [0.25, 0.3) is 0 Å². The van der Waals surface area contributed by atoms with Crippen molar-refractivity contribution in [3.05, 3.63) is 95.3 Å². The van der Waals surface area contributed by atoms with Crippen LogP contribution in [0.2, 0.25) is 0 Å². The number of benzene rings is 3. The van der Waals surface area contributed by atoms with Crippen LogP contribution in [0.15, 0.2) is 77.8 Å². The van der Waals surface area contributed by atoms with Gasteiger partial charge in [0.2, 0.25) is 11.8 Å². The summed E-state index contributed by atoms with van der Waals surface area (Å²) < 4.78 is 13.4. The zero-order valence-electron chi connectivity index (χ0n) is 19.3. The SMILES string of the molecule is CC(=O)c1ccc(NC(=O)CC2SC(=Nc3ccccc3C)N(Cc3ccc(F)cc3)C2=O)cc1. The molecule has 1 aliphatic rings. The molecule has 1 saturated heterocycles. The first-order valence-corrected chi connectivity index (χ1v) is 12.0. The average Bonchev–Trinajstić information content (AvgIpc) is 3.11. The van der Waals surface area contributed by atoms with Gasteiger partial charge in [0.15, 0.2) is 11.0 Å². The van der Waals surface area contributed by atoms with Gasteiger partial charge in [-0.25, -0.2) is 9.38 Å². The number of hydrogen-bond acceptors (Lipinski definition) is 5. The molecule has 0 aliphatic carbocycles. The summed E-state index contributed by atoms with van der Waals surface area (Å²) in [5, 5.41) is 2.64. The Morgan fingerprint density at radius 3 is 2.37 bits per heavy atom. The Balaban J connectivity index is 1.53. The fraction of sp³-hybridized carbons (Fsp3) is 0.185. The molecule has 1 unspecified atom stereocenters. The highest BCUT2D eigenvalue weighted by Crippen LogP contribution is 2.33.